The van der Waals surface area contributed by atoms with Crippen molar-refractivity contribution in [3.05, 3.63) is 0 Å². The molecule has 0 bridgehead atoms. The smallest absolute Gasteiger partial charge is 0.0648 e. The molecule has 3 fully saturated rings. The summed E-state index contributed by atoms with van der Waals surface area (Å²) in [5.74, 6) is 4.37. The van der Waals surface area contributed by atoms with Crippen LogP contribution in [0.1, 0.15) is 112 Å². The molecule has 0 aromatic heterocycles. The molecule has 3 aliphatic rings. The highest BCUT2D eigenvalue weighted by atomic mass is 16.3. The molecule has 0 spiro atoms. The second-order valence-corrected chi connectivity index (χ2v) is 11.4. The second-order valence-electron chi connectivity index (χ2n) is 11.4. The summed E-state index contributed by atoms with van der Waals surface area (Å²) >= 11 is 0. The van der Waals surface area contributed by atoms with Crippen LogP contribution in [0.5, 0.6) is 0 Å². The number of fused-ring (bicyclic) bond motifs is 3. The van der Waals surface area contributed by atoms with E-state index in [1.54, 1.807) is 0 Å². The Hall–Kier alpha value is -0.0800. The highest BCUT2D eigenvalue weighted by Gasteiger charge is 2.53. The Balaban J connectivity index is 1.75. The van der Waals surface area contributed by atoms with E-state index < -0.39 is 5.60 Å². The number of aliphatic hydroxyl groups is 2. The molecular weight excluding hydrogens is 344 g/mol. The Bertz CT molecular complexity index is 505. The zero-order chi connectivity index (χ0) is 20.5. The van der Waals surface area contributed by atoms with Crippen LogP contribution in [-0.4, -0.2) is 21.9 Å². The van der Waals surface area contributed by atoms with E-state index in [4.69, 9.17) is 0 Å². The lowest BCUT2D eigenvalue weighted by atomic mass is 9.48. The predicted octanol–water partition coefficient (Wildman–Crippen LogP) is 6.58. The van der Waals surface area contributed by atoms with Gasteiger partial charge in [-0.1, -0.05) is 53.9 Å². The van der Waals surface area contributed by atoms with Gasteiger partial charge >= 0.3 is 0 Å². The molecule has 0 aliphatic heterocycles. The summed E-state index contributed by atoms with van der Waals surface area (Å²) < 4.78 is 0. The van der Waals surface area contributed by atoms with E-state index >= 15 is 0 Å². The lowest BCUT2D eigenvalue weighted by Crippen LogP contribution is -2.52. The first-order valence-electron chi connectivity index (χ1n) is 12.6. The van der Waals surface area contributed by atoms with Crippen molar-refractivity contribution < 1.29 is 10.2 Å². The maximum Gasteiger partial charge on any atom is 0.0648 e. The van der Waals surface area contributed by atoms with Gasteiger partial charge < -0.3 is 10.2 Å². The zero-order valence-corrected chi connectivity index (χ0v) is 19.4. The van der Waals surface area contributed by atoms with Crippen LogP contribution in [0.4, 0.5) is 0 Å². The fraction of sp³-hybridized carbons (Fsp3) is 1.00. The van der Waals surface area contributed by atoms with Gasteiger partial charge in [-0.2, -0.15) is 0 Å². The lowest BCUT2D eigenvalue weighted by Gasteiger charge is -2.58. The van der Waals surface area contributed by atoms with Gasteiger partial charge in [-0.3, -0.25) is 0 Å². The Morgan fingerprint density at radius 2 is 1.75 bits per heavy atom. The summed E-state index contributed by atoms with van der Waals surface area (Å²) in [7, 11) is 0. The van der Waals surface area contributed by atoms with E-state index in [2.05, 4.69) is 34.6 Å². The molecule has 0 radical (unpaired) electrons. The number of hydrogen-bond donors (Lipinski definition) is 2. The van der Waals surface area contributed by atoms with Crippen molar-refractivity contribution in [1.82, 2.24) is 0 Å². The van der Waals surface area contributed by atoms with Crippen LogP contribution in [-0.2, 0) is 0 Å². The first-order chi connectivity index (χ1) is 13.2. The van der Waals surface area contributed by atoms with Gasteiger partial charge in [0.15, 0.2) is 0 Å². The summed E-state index contributed by atoms with van der Waals surface area (Å²) in [5.41, 5.74) is 0.0465. The summed E-state index contributed by atoms with van der Waals surface area (Å²) in [6.07, 6.45) is 14.3. The molecular formula is C26H48O2. The summed E-state index contributed by atoms with van der Waals surface area (Å²) in [6, 6.07) is 0. The molecule has 0 aromatic rings. The second kappa shape index (κ2) is 8.96. The first kappa shape index (κ1) is 22.6. The van der Waals surface area contributed by atoms with E-state index in [1.807, 2.05) is 0 Å². The highest BCUT2D eigenvalue weighted by molar-refractivity contribution is 5.04. The van der Waals surface area contributed by atoms with Crippen LogP contribution in [0.2, 0.25) is 0 Å². The van der Waals surface area contributed by atoms with Crippen LogP contribution in [0.25, 0.3) is 0 Å². The Morgan fingerprint density at radius 3 is 2.43 bits per heavy atom. The third-order valence-corrected chi connectivity index (χ3v) is 10.1. The van der Waals surface area contributed by atoms with Gasteiger partial charge in [0.2, 0.25) is 0 Å². The Labute approximate surface area is 174 Å². The quantitative estimate of drug-likeness (QED) is 0.567. The molecule has 3 saturated carbocycles. The maximum atomic E-state index is 11.0. The fourth-order valence-corrected chi connectivity index (χ4v) is 7.70. The van der Waals surface area contributed by atoms with Gasteiger partial charge in [-0.25, -0.2) is 0 Å². The molecule has 3 aliphatic carbocycles. The number of aliphatic hydroxyl groups excluding tert-OH is 1. The minimum absolute atomic E-state index is 0.129. The van der Waals surface area contributed by atoms with Gasteiger partial charge in [0.05, 0.1) is 11.7 Å². The van der Waals surface area contributed by atoms with Gasteiger partial charge in [-0.15, -0.1) is 0 Å². The molecule has 3 rings (SSSR count). The molecule has 0 amide bonds. The Kier molecular flexibility index (Phi) is 7.24. The van der Waals surface area contributed by atoms with Gasteiger partial charge in [-0.05, 0) is 98.7 Å². The van der Waals surface area contributed by atoms with Crippen molar-refractivity contribution in [2.24, 2.45) is 40.9 Å². The van der Waals surface area contributed by atoms with E-state index in [1.165, 1.54) is 51.4 Å². The molecule has 0 saturated heterocycles. The molecule has 164 valence electrons. The van der Waals surface area contributed by atoms with Crippen molar-refractivity contribution in [2.75, 3.05) is 0 Å². The molecule has 2 N–H and O–H groups in total. The van der Waals surface area contributed by atoms with Crippen molar-refractivity contribution in [1.29, 1.82) is 0 Å². The molecule has 0 heterocycles. The van der Waals surface area contributed by atoms with Crippen molar-refractivity contribution in [3.63, 3.8) is 0 Å². The third-order valence-electron chi connectivity index (χ3n) is 10.1. The molecule has 0 unspecified atom stereocenters. The van der Waals surface area contributed by atoms with E-state index in [0.717, 1.165) is 49.4 Å². The van der Waals surface area contributed by atoms with E-state index in [-0.39, 0.29) is 6.10 Å². The van der Waals surface area contributed by atoms with E-state index in [9.17, 15) is 10.2 Å². The molecule has 0 aromatic carbocycles. The topological polar surface area (TPSA) is 40.5 Å². The number of hydrogen-bond acceptors (Lipinski definition) is 2. The van der Waals surface area contributed by atoms with Gasteiger partial charge in [0.25, 0.3) is 0 Å². The number of rotatable bonds is 4. The zero-order valence-electron chi connectivity index (χ0n) is 19.4. The molecule has 2 heteroatoms. The fourth-order valence-electron chi connectivity index (χ4n) is 7.70. The van der Waals surface area contributed by atoms with E-state index in [0.29, 0.717) is 17.3 Å². The Morgan fingerprint density at radius 1 is 1.00 bits per heavy atom. The van der Waals surface area contributed by atoms with Crippen LogP contribution in [0.3, 0.4) is 0 Å². The maximum absolute atomic E-state index is 11.0. The van der Waals surface area contributed by atoms with Crippen LogP contribution in [0, 0.1) is 40.9 Å². The summed E-state index contributed by atoms with van der Waals surface area (Å²) in [5, 5.41) is 21.4. The first-order valence-corrected chi connectivity index (χ1v) is 12.6. The average molecular weight is 393 g/mol. The van der Waals surface area contributed by atoms with Crippen LogP contribution < -0.4 is 0 Å². The van der Waals surface area contributed by atoms with Crippen molar-refractivity contribution in [2.45, 2.75) is 123 Å². The largest absolute Gasteiger partial charge is 0.393 e. The minimum atomic E-state index is -0.391. The highest BCUT2D eigenvalue weighted by Crippen LogP contribution is 2.60. The molecule has 28 heavy (non-hydrogen) atoms. The summed E-state index contributed by atoms with van der Waals surface area (Å²) in [6.45, 7) is 11.7. The standard InChI is InChI=1S/C26H48O2/c1-6-24(27)19(4)20-9-8-10-23-22(18(3)11-12-20)14-13-21-17-26(28,7-2)16-15-25(21,23)5/h18-24,27-28H,6-17H2,1-5H3/t18-,19-,20+,21+,22-,23-,24+,25-,26+/m0/s1. The average Bonchev–Trinajstić information content (AvgIpc) is 2.77. The van der Waals surface area contributed by atoms with Crippen molar-refractivity contribution >= 4 is 0 Å². The SMILES string of the molecule is CC[C@@H](O)[C@@H](C)[C@@H]1CCC[C@H]2[C@@H](CC[C@@H]3C[C@@](O)(CC)CC[C@@]32C)[C@@H](C)CC1. The van der Waals surface area contributed by atoms with Gasteiger partial charge in [0.1, 0.15) is 0 Å². The lowest BCUT2D eigenvalue weighted by molar-refractivity contribution is -0.125. The third kappa shape index (κ3) is 4.34. The summed E-state index contributed by atoms with van der Waals surface area (Å²) in [4.78, 5) is 0. The normalized spacial score (nSPS) is 47.0. The van der Waals surface area contributed by atoms with Crippen LogP contribution in [0.15, 0.2) is 0 Å². The monoisotopic (exact) mass is 392 g/mol. The van der Waals surface area contributed by atoms with Crippen molar-refractivity contribution in [3.8, 4) is 0 Å². The van der Waals surface area contributed by atoms with Gasteiger partial charge in [0, 0.05) is 0 Å². The minimum Gasteiger partial charge on any atom is -0.393 e. The van der Waals surface area contributed by atoms with Crippen LogP contribution >= 0.6 is 0 Å². The molecule has 9 atom stereocenters. The predicted molar refractivity (Wildman–Crippen MR) is 118 cm³/mol. The molecule has 2 nitrogen and oxygen atoms in total.